The molecule has 6 nitrogen and oxygen atoms in total. The van der Waals surface area contributed by atoms with Gasteiger partial charge in [0.25, 0.3) is 0 Å². The van der Waals surface area contributed by atoms with Gasteiger partial charge in [0.15, 0.2) is 0 Å². The molecule has 236 valence electrons. The smallest absolute Gasteiger partial charge is 0.235 e. The minimum Gasteiger partial charge on any atom is -0.508 e. The first-order valence-corrected chi connectivity index (χ1v) is 16.9. The number of hydrogen-bond donors (Lipinski definition) is 2. The van der Waals surface area contributed by atoms with Gasteiger partial charge in [-0.25, -0.2) is 0 Å². The molecule has 2 fully saturated rings. The van der Waals surface area contributed by atoms with Crippen molar-refractivity contribution in [3.05, 3.63) is 58.7 Å². The lowest BCUT2D eigenvalue weighted by molar-refractivity contribution is -0.165. The van der Waals surface area contributed by atoms with Gasteiger partial charge in [-0.2, -0.15) is 0 Å². The Hall–Kier alpha value is -3.15. The number of phenols is 1. The monoisotopic (exact) mass is 598 g/mol. The van der Waals surface area contributed by atoms with Crippen LogP contribution in [0.4, 0.5) is 5.69 Å². The van der Waals surface area contributed by atoms with E-state index >= 15 is 0 Å². The highest BCUT2D eigenvalue weighted by Gasteiger charge is 2.59. The number of fused-ring (bicyclic) bond motifs is 6. The molecule has 2 N–H and O–H groups in total. The number of rotatable bonds is 4. The molecule has 2 aromatic carbocycles. The van der Waals surface area contributed by atoms with E-state index < -0.39 is 10.8 Å². The van der Waals surface area contributed by atoms with Crippen LogP contribution < -0.4 is 5.32 Å². The van der Waals surface area contributed by atoms with Gasteiger partial charge >= 0.3 is 0 Å². The molecule has 0 spiro atoms. The lowest BCUT2D eigenvalue weighted by atomic mass is 9.48. The molecule has 0 saturated heterocycles. The maximum absolute atomic E-state index is 14.7. The molecule has 4 aliphatic carbocycles. The van der Waals surface area contributed by atoms with E-state index in [4.69, 9.17) is 0 Å². The second-order valence-corrected chi connectivity index (χ2v) is 15.3. The fraction of sp³-hybridized carbons (Fsp3) is 0.605. The molecule has 4 aliphatic rings. The number of anilines is 1. The molecule has 4 unspecified atom stereocenters. The third kappa shape index (κ3) is 4.53. The fourth-order valence-electron chi connectivity index (χ4n) is 10.6. The van der Waals surface area contributed by atoms with Crippen molar-refractivity contribution in [3.8, 4) is 5.75 Å². The number of benzene rings is 2. The van der Waals surface area contributed by atoms with Crippen LogP contribution in [-0.2, 0) is 38.1 Å². The predicted molar refractivity (Wildman–Crippen MR) is 173 cm³/mol. The quantitative estimate of drug-likeness (QED) is 0.358. The first-order valence-electron chi connectivity index (χ1n) is 16.9. The van der Waals surface area contributed by atoms with Crippen molar-refractivity contribution in [2.75, 3.05) is 12.4 Å². The largest absolute Gasteiger partial charge is 0.508 e. The fourth-order valence-corrected chi connectivity index (χ4v) is 10.6. The van der Waals surface area contributed by atoms with E-state index in [0.717, 1.165) is 69.9 Å². The summed E-state index contributed by atoms with van der Waals surface area (Å²) in [6.07, 6.45) is 9.36. The molecular weight excluding hydrogens is 548 g/mol. The van der Waals surface area contributed by atoms with Crippen LogP contribution in [0.3, 0.4) is 0 Å². The Labute approximate surface area is 263 Å². The Morgan fingerprint density at radius 2 is 1.30 bits per heavy atom. The van der Waals surface area contributed by atoms with Crippen LogP contribution in [0.1, 0.15) is 115 Å². The van der Waals surface area contributed by atoms with E-state index in [-0.39, 0.29) is 46.1 Å². The highest BCUT2D eigenvalue weighted by Crippen LogP contribution is 2.60. The van der Waals surface area contributed by atoms with Gasteiger partial charge < -0.3 is 10.4 Å². The number of imide groups is 1. The minimum atomic E-state index is -0.656. The number of nitrogens with zero attached hydrogens (tertiary/aromatic N) is 1. The number of amides is 3. The van der Waals surface area contributed by atoms with Gasteiger partial charge in [0.05, 0.1) is 10.8 Å². The summed E-state index contributed by atoms with van der Waals surface area (Å²) in [6, 6.07) is 12.0. The van der Waals surface area contributed by atoms with Crippen molar-refractivity contribution in [1.29, 1.82) is 0 Å². The Bertz CT molecular complexity index is 1520. The maximum Gasteiger partial charge on any atom is 0.235 e. The van der Waals surface area contributed by atoms with Crippen LogP contribution in [0.15, 0.2) is 36.4 Å². The number of phenolic OH excluding ortho intramolecular Hbond substituents is 1. The zero-order valence-electron chi connectivity index (χ0n) is 27.5. The van der Waals surface area contributed by atoms with Crippen LogP contribution in [0, 0.1) is 22.7 Å². The average molecular weight is 599 g/mol. The molecule has 0 aromatic heterocycles. The Balaban J connectivity index is 1.30. The molecular formula is C38H50N2O4. The summed E-state index contributed by atoms with van der Waals surface area (Å²) < 4.78 is 0. The van der Waals surface area contributed by atoms with Crippen LogP contribution in [0.2, 0.25) is 0 Å². The van der Waals surface area contributed by atoms with Gasteiger partial charge in [-0.05, 0) is 121 Å². The standard InChI is InChI=1S/C38H50N2O4/c1-7-32(42)39-26-14-10-24-12-16-30-35(2,28(24)22-26)18-8-20-37(30,4)33(43)40(6)34(44)38(5)21-9-19-36(3)29-23-27(41)15-11-25(29)13-17-31(36)38/h10-11,14-15,22-23,30-31,41H,7-9,12-13,16-21H2,1-6H3,(H,39,42)/t30?,31?,35?,36?,37-,38-/m0/s1. The molecule has 6 rings (SSSR count). The number of hydrogen-bond acceptors (Lipinski definition) is 4. The zero-order chi connectivity index (χ0) is 31.7. The number of nitrogens with one attached hydrogen (secondary N) is 1. The molecule has 44 heavy (non-hydrogen) atoms. The van der Waals surface area contributed by atoms with Gasteiger partial charge in [0, 0.05) is 19.2 Å². The molecule has 6 atom stereocenters. The summed E-state index contributed by atoms with van der Waals surface area (Å²) in [7, 11) is 1.73. The summed E-state index contributed by atoms with van der Waals surface area (Å²) in [5, 5.41) is 13.4. The Kier molecular flexibility index (Phi) is 7.53. The molecule has 0 radical (unpaired) electrons. The lowest BCUT2D eigenvalue weighted by Gasteiger charge is -2.57. The van der Waals surface area contributed by atoms with Crippen LogP contribution >= 0.6 is 0 Å². The van der Waals surface area contributed by atoms with Crippen molar-refractivity contribution in [2.45, 2.75) is 116 Å². The third-order valence-corrected chi connectivity index (χ3v) is 12.9. The molecule has 0 aliphatic heterocycles. The van der Waals surface area contributed by atoms with Crippen molar-refractivity contribution in [3.63, 3.8) is 0 Å². The SMILES string of the molecule is CCC(=O)Nc1ccc2c(c1)C1(C)CCC[C@](C)(C(=O)N(C)C(=O)[C@@]3(C)CCCC4(C)c5cc(O)ccc5CCC43)C1CC2. The number of carbonyl (C=O) groups is 3. The normalized spacial score (nSPS) is 34.0. The van der Waals surface area contributed by atoms with Crippen LogP contribution in [0.5, 0.6) is 5.75 Å². The van der Waals surface area contributed by atoms with Gasteiger partial charge in [-0.1, -0.05) is 59.6 Å². The highest BCUT2D eigenvalue weighted by atomic mass is 16.3. The van der Waals surface area contributed by atoms with E-state index in [0.29, 0.717) is 6.42 Å². The zero-order valence-corrected chi connectivity index (χ0v) is 27.5. The minimum absolute atomic E-state index is 0.00294. The van der Waals surface area contributed by atoms with Gasteiger partial charge in [-0.3, -0.25) is 19.3 Å². The van der Waals surface area contributed by atoms with E-state index in [9.17, 15) is 19.5 Å². The summed E-state index contributed by atoms with van der Waals surface area (Å²) in [4.78, 5) is 43.1. The topological polar surface area (TPSA) is 86.7 Å². The lowest BCUT2D eigenvalue weighted by Crippen LogP contribution is -2.60. The van der Waals surface area contributed by atoms with Crippen LogP contribution in [-0.4, -0.2) is 34.8 Å². The first kappa shape index (κ1) is 30.9. The van der Waals surface area contributed by atoms with Crippen molar-refractivity contribution in [1.82, 2.24) is 4.90 Å². The third-order valence-electron chi connectivity index (χ3n) is 12.9. The van der Waals surface area contributed by atoms with Crippen molar-refractivity contribution in [2.24, 2.45) is 22.7 Å². The van der Waals surface area contributed by atoms with Crippen LogP contribution in [0.25, 0.3) is 0 Å². The second kappa shape index (κ2) is 10.7. The first-order chi connectivity index (χ1) is 20.8. The van der Waals surface area contributed by atoms with Gasteiger partial charge in [0.2, 0.25) is 17.7 Å². The number of carbonyl (C=O) groups excluding carboxylic acids is 3. The Morgan fingerprint density at radius 3 is 1.82 bits per heavy atom. The average Bonchev–Trinajstić information content (AvgIpc) is 3.00. The summed E-state index contributed by atoms with van der Waals surface area (Å²) in [5.41, 5.74) is 4.07. The second-order valence-electron chi connectivity index (χ2n) is 15.3. The summed E-state index contributed by atoms with van der Waals surface area (Å²) >= 11 is 0. The molecule has 2 aromatic rings. The molecule has 2 saturated carbocycles. The molecule has 6 heteroatoms. The Morgan fingerprint density at radius 1 is 0.795 bits per heavy atom. The van der Waals surface area contributed by atoms with E-state index in [1.54, 1.807) is 13.1 Å². The van der Waals surface area contributed by atoms with Crippen molar-refractivity contribution >= 4 is 23.4 Å². The van der Waals surface area contributed by atoms with E-state index in [2.05, 4.69) is 45.1 Å². The van der Waals surface area contributed by atoms with Gasteiger partial charge in [0.1, 0.15) is 5.75 Å². The van der Waals surface area contributed by atoms with Gasteiger partial charge in [-0.15, -0.1) is 0 Å². The predicted octanol–water partition coefficient (Wildman–Crippen LogP) is 7.45. The van der Waals surface area contributed by atoms with Crippen molar-refractivity contribution < 1.29 is 19.5 Å². The summed E-state index contributed by atoms with van der Waals surface area (Å²) in [6.45, 7) is 10.6. The highest BCUT2D eigenvalue weighted by molar-refractivity contribution is 6.00. The summed E-state index contributed by atoms with van der Waals surface area (Å²) in [5.74, 6) is 0.389. The number of aromatic hydroxyl groups is 1. The van der Waals surface area contributed by atoms with E-state index in [1.165, 1.54) is 27.2 Å². The molecule has 0 bridgehead atoms. The van der Waals surface area contributed by atoms with E-state index in [1.807, 2.05) is 25.1 Å². The maximum atomic E-state index is 14.7. The number of aryl methyl sites for hydroxylation is 2. The molecule has 3 amide bonds. The molecule has 0 heterocycles.